The minimum absolute atomic E-state index is 0.0286. The Morgan fingerprint density at radius 2 is 1.61 bits per heavy atom. The molecule has 0 N–H and O–H groups in total. The fraction of sp³-hybridized carbons (Fsp3) is 0.423. The molecule has 1 aliphatic heterocycles. The number of hydrogen-bond donors (Lipinski definition) is 0. The zero-order valence-electron chi connectivity index (χ0n) is 21.5. The Balaban J connectivity index is 1.65. The number of sulfone groups is 1. The largest absolute Gasteiger partial charge is 0.383 e. The molecule has 2 heterocycles. The van der Waals surface area contributed by atoms with E-state index >= 15 is 0 Å². The van der Waals surface area contributed by atoms with E-state index in [2.05, 4.69) is 9.88 Å². The van der Waals surface area contributed by atoms with Gasteiger partial charge >= 0.3 is 0 Å². The highest BCUT2D eigenvalue weighted by molar-refractivity contribution is 7.90. The van der Waals surface area contributed by atoms with Gasteiger partial charge in [0, 0.05) is 39.8 Å². The van der Waals surface area contributed by atoms with Crippen LogP contribution >= 0.6 is 0 Å². The Kier molecular flexibility index (Phi) is 9.69. The van der Waals surface area contributed by atoms with Gasteiger partial charge in [-0.05, 0) is 17.7 Å². The summed E-state index contributed by atoms with van der Waals surface area (Å²) in [5.41, 5.74) is 1.13. The normalized spacial score (nSPS) is 15.2. The molecule has 3 aromatic rings. The van der Waals surface area contributed by atoms with Crippen LogP contribution < -0.4 is 0 Å². The zero-order chi connectivity index (χ0) is 27.0. The molecule has 0 aliphatic carbocycles. The molecular weight excluding hydrogens is 528 g/mol. The summed E-state index contributed by atoms with van der Waals surface area (Å²) in [5.74, 6) is -0.208. The second-order valence-electron chi connectivity index (χ2n) is 9.03. The molecule has 2 aromatic carbocycles. The average molecular weight is 563 g/mol. The van der Waals surface area contributed by atoms with Crippen LogP contribution in [-0.4, -0.2) is 88.7 Å². The molecule has 1 aromatic heterocycles. The predicted molar refractivity (Wildman–Crippen MR) is 143 cm³/mol. The number of aromatic nitrogens is 2. The van der Waals surface area contributed by atoms with Crippen molar-refractivity contribution < 1.29 is 26.3 Å². The maximum absolute atomic E-state index is 13.7. The number of benzene rings is 2. The van der Waals surface area contributed by atoms with E-state index < -0.39 is 19.9 Å². The zero-order valence-corrected chi connectivity index (χ0v) is 23.1. The number of sulfonamides is 1. The van der Waals surface area contributed by atoms with Gasteiger partial charge in [-0.2, -0.15) is 4.31 Å². The number of nitrogens with zero attached hydrogens (tertiary/aromatic N) is 4. The maximum Gasteiger partial charge on any atom is 0.243 e. The molecule has 0 amide bonds. The van der Waals surface area contributed by atoms with E-state index in [1.807, 2.05) is 6.07 Å². The van der Waals surface area contributed by atoms with E-state index in [9.17, 15) is 16.8 Å². The summed E-state index contributed by atoms with van der Waals surface area (Å²) in [6, 6.07) is 17.2. The van der Waals surface area contributed by atoms with Gasteiger partial charge in [-0.15, -0.1) is 0 Å². The first-order chi connectivity index (χ1) is 18.3. The smallest absolute Gasteiger partial charge is 0.243 e. The lowest BCUT2D eigenvalue weighted by molar-refractivity contribution is 0.0361. The number of imidazole rings is 1. The van der Waals surface area contributed by atoms with Gasteiger partial charge in [0.2, 0.25) is 25.0 Å². The molecule has 0 unspecified atom stereocenters. The molecule has 10 nitrogen and oxygen atoms in total. The Morgan fingerprint density at radius 1 is 0.947 bits per heavy atom. The lowest BCUT2D eigenvalue weighted by atomic mass is 10.2. The molecule has 0 spiro atoms. The molecular formula is C26H34N4O6S2. The summed E-state index contributed by atoms with van der Waals surface area (Å²) in [7, 11) is -6.13. The maximum atomic E-state index is 13.7. The van der Waals surface area contributed by atoms with Crippen molar-refractivity contribution in [3.63, 3.8) is 0 Å². The van der Waals surface area contributed by atoms with Crippen LogP contribution in [0.1, 0.15) is 11.3 Å². The van der Waals surface area contributed by atoms with Crippen molar-refractivity contribution in [3.05, 3.63) is 78.1 Å². The van der Waals surface area contributed by atoms with Gasteiger partial charge in [0.25, 0.3) is 0 Å². The summed E-state index contributed by atoms with van der Waals surface area (Å²) in [6.45, 7) is 3.88. The fourth-order valence-electron chi connectivity index (χ4n) is 4.33. The van der Waals surface area contributed by atoms with Crippen molar-refractivity contribution in [2.24, 2.45) is 0 Å². The van der Waals surface area contributed by atoms with Crippen LogP contribution in [0.3, 0.4) is 0 Å². The monoisotopic (exact) mass is 562 g/mol. The average Bonchev–Trinajstić information content (AvgIpc) is 3.34. The highest BCUT2D eigenvalue weighted by atomic mass is 32.2. The van der Waals surface area contributed by atoms with Crippen molar-refractivity contribution in [1.29, 1.82) is 0 Å². The van der Waals surface area contributed by atoms with Gasteiger partial charge < -0.3 is 14.0 Å². The van der Waals surface area contributed by atoms with Gasteiger partial charge in [-0.3, -0.25) is 4.90 Å². The van der Waals surface area contributed by atoms with Gasteiger partial charge in [0.15, 0.2) is 0 Å². The van der Waals surface area contributed by atoms with E-state index in [1.54, 1.807) is 59.2 Å². The minimum Gasteiger partial charge on any atom is -0.383 e. The highest BCUT2D eigenvalue weighted by Gasteiger charge is 2.29. The second kappa shape index (κ2) is 13.0. The molecule has 1 fully saturated rings. The fourth-order valence-corrected chi connectivity index (χ4v) is 7.27. The van der Waals surface area contributed by atoms with Crippen LogP contribution in [0.15, 0.2) is 76.9 Å². The molecule has 0 bridgehead atoms. The van der Waals surface area contributed by atoms with Crippen LogP contribution in [0.5, 0.6) is 0 Å². The van der Waals surface area contributed by atoms with Crippen LogP contribution in [0, 0.1) is 0 Å². The lowest BCUT2D eigenvalue weighted by Gasteiger charge is -2.30. The van der Waals surface area contributed by atoms with E-state index in [1.165, 1.54) is 17.6 Å². The highest BCUT2D eigenvalue weighted by Crippen LogP contribution is 2.22. The first-order valence-electron chi connectivity index (χ1n) is 12.5. The number of methoxy groups -OCH3 is 1. The molecule has 0 radical (unpaired) electrons. The summed E-state index contributed by atoms with van der Waals surface area (Å²) in [6.07, 6.45) is 1.45. The van der Waals surface area contributed by atoms with Gasteiger partial charge in [0.1, 0.15) is 0 Å². The van der Waals surface area contributed by atoms with Gasteiger partial charge in [-0.1, -0.05) is 48.5 Å². The SMILES string of the molecule is COCCn1c(CN(CCN2CCOCC2)S(=O)(=O)c2ccccc2)cnc1S(=O)(=O)Cc1ccccc1. The Labute approximate surface area is 224 Å². The van der Waals surface area contributed by atoms with Gasteiger partial charge in [0.05, 0.1) is 48.9 Å². The van der Waals surface area contributed by atoms with Crippen LogP contribution in [-0.2, 0) is 48.2 Å². The third-order valence-electron chi connectivity index (χ3n) is 6.39. The molecule has 12 heteroatoms. The van der Waals surface area contributed by atoms with Crippen LogP contribution in [0.4, 0.5) is 0 Å². The van der Waals surface area contributed by atoms with Crippen molar-refractivity contribution >= 4 is 19.9 Å². The van der Waals surface area contributed by atoms with Crippen molar-refractivity contribution in [2.45, 2.75) is 28.9 Å². The third kappa shape index (κ3) is 7.07. The summed E-state index contributed by atoms with van der Waals surface area (Å²) in [5, 5.41) is -0.0985. The van der Waals surface area contributed by atoms with E-state index in [-0.39, 0.29) is 42.0 Å². The quantitative estimate of drug-likeness (QED) is 0.311. The molecule has 1 saturated heterocycles. The topological polar surface area (TPSA) is 111 Å². The van der Waals surface area contributed by atoms with Crippen LogP contribution in [0.25, 0.3) is 0 Å². The first kappa shape index (κ1) is 28.4. The van der Waals surface area contributed by atoms with Crippen molar-refractivity contribution in [3.8, 4) is 0 Å². The lowest BCUT2D eigenvalue weighted by Crippen LogP contribution is -2.43. The number of hydrogen-bond acceptors (Lipinski definition) is 8. The molecule has 0 saturated carbocycles. The molecule has 4 rings (SSSR count). The number of morpholine rings is 1. The standard InChI is InChI=1S/C26H34N4O6S2/c1-35-17-16-30-24(20-27-26(30)37(31,32)22-23-8-4-2-5-9-23)21-29(13-12-28-14-18-36-19-15-28)38(33,34)25-10-6-3-7-11-25/h2-11,20H,12-19,21-22H2,1H3. The predicted octanol–water partition coefficient (Wildman–Crippen LogP) is 2.03. The Hall–Kier alpha value is -2.61. The second-order valence-corrected chi connectivity index (χ2v) is 12.8. The summed E-state index contributed by atoms with van der Waals surface area (Å²) < 4.78 is 67.7. The molecule has 206 valence electrons. The van der Waals surface area contributed by atoms with E-state index in [0.29, 0.717) is 31.0 Å². The summed E-state index contributed by atoms with van der Waals surface area (Å²) >= 11 is 0. The van der Waals surface area contributed by atoms with E-state index in [0.717, 1.165) is 13.1 Å². The molecule has 1 aliphatic rings. The van der Waals surface area contributed by atoms with Crippen LogP contribution in [0.2, 0.25) is 0 Å². The number of ether oxygens (including phenoxy) is 2. The van der Waals surface area contributed by atoms with Crippen molar-refractivity contribution in [1.82, 2.24) is 18.8 Å². The van der Waals surface area contributed by atoms with E-state index in [4.69, 9.17) is 9.47 Å². The first-order valence-corrected chi connectivity index (χ1v) is 15.6. The van der Waals surface area contributed by atoms with Crippen molar-refractivity contribution in [2.75, 3.05) is 53.1 Å². The molecule has 0 atom stereocenters. The Morgan fingerprint density at radius 3 is 2.26 bits per heavy atom. The minimum atomic E-state index is -3.86. The number of rotatable bonds is 13. The van der Waals surface area contributed by atoms with Gasteiger partial charge in [-0.25, -0.2) is 21.8 Å². The third-order valence-corrected chi connectivity index (χ3v) is 9.84. The molecule has 38 heavy (non-hydrogen) atoms. The Bertz CT molecular complexity index is 1370. The summed E-state index contributed by atoms with van der Waals surface area (Å²) in [4.78, 5) is 6.61.